The van der Waals surface area contributed by atoms with Crippen LogP contribution in [-0.4, -0.2) is 34.7 Å². The molecule has 1 atom stereocenters. The SMILES string of the molecule is CC(=O)c1c(C)[nH]c(C(=O)N(C)[C@@H](C)CC(C)C)c1C. The van der Waals surface area contributed by atoms with Crippen LogP contribution >= 0.6 is 0 Å². The number of hydrogen-bond donors (Lipinski definition) is 1. The lowest BCUT2D eigenvalue weighted by molar-refractivity contribution is 0.0722. The number of carbonyl (C=O) groups is 2. The molecule has 0 spiro atoms. The molecule has 1 N–H and O–H groups in total. The van der Waals surface area contributed by atoms with Crippen LogP contribution < -0.4 is 0 Å². The van der Waals surface area contributed by atoms with Gasteiger partial charge < -0.3 is 9.88 Å². The lowest BCUT2D eigenvalue weighted by atomic mass is 10.0. The average molecular weight is 278 g/mol. The van der Waals surface area contributed by atoms with Crippen molar-refractivity contribution in [2.24, 2.45) is 5.92 Å². The van der Waals surface area contributed by atoms with Crippen molar-refractivity contribution in [1.82, 2.24) is 9.88 Å². The fraction of sp³-hybridized carbons (Fsp3) is 0.625. The van der Waals surface area contributed by atoms with Gasteiger partial charge in [-0.15, -0.1) is 0 Å². The van der Waals surface area contributed by atoms with Crippen LogP contribution in [0.4, 0.5) is 0 Å². The molecular weight excluding hydrogens is 252 g/mol. The number of ketones is 1. The van der Waals surface area contributed by atoms with Crippen LogP contribution in [0.2, 0.25) is 0 Å². The highest BCUT2D eigenvalue weighted by atomic mass is 16.2. The van der Waals surface area contributed by atoms with E-state index < -0.39 is 0 Å². The summed E-state index contributed by atoms with van der Waals surface area (Å²) in [5, 5.41) is 0. The van der Waals surface area contributed by atoms with E-state index in [4.69, 9.17) is 0 Å². The number of aryl methyl sites for hydroxylation is 1. The summed E-state index contributed by atoms with van der Waals surface area (Å²) in [6.07, 6.45) is 0.959. The van der Waals surface area contributed by atoms with Gasteiger partial charge in [-0.1, -0.05) is 13.8 Å². The predicted octanol–water partition coefficient (Wildman–Crippen LogP) is 3.34. The van der Waals surface area contributed by atoms with Crippen LogP contribution in [0.25, 0.3) is 0 Å². The average Bonchev–Trinajstić information content (AvgIpc) is 2.61. The third kappa shape index (κ3) is 3.30. The molecule has 20 heavy (non-hydrogen) atoms. The number of aromatic amines is 1. The second-order valence-corrected chi connectivity index (χ2v) is 6.08. The van der Waals surface area contributed by atoms with Crippen LogP contribution in [0, 0.1) is 19.8 Å². The fourth-order valence-corrected chi connectivity index (χ4v) is 2.71. The Hall–Kier alpha value is -1.58. The minimum Gasteiger partial charge on any atom is -0.354 e. The van der Waals surface area contributed by atoms with Gasteiger partial charge in [-0.3, -0.25) is 9.59 Å². The Kier molecular flexibility index (Phi) is 5.15. The highest BCUT2D eigenvalue weighted by molar-refractivity contribution is 6.02. The Morgan fingerprint density at radius 1 is 1.20 bits per heavy atom. The highest BCUT2D eigenvalue weighted by Crippen LogP contribution is 2.21. The van der Waals surface area contributed by atoms with E-state index in [0.29, 0.717) is 17.2 Å². The molecule has 1 amide bonds. The van der Waals surface area contributed by atoms with E-state index in [9.17, 15) is 9.59 Å². The fourth-order valence-electron chi connectivity index (χ4n) is 2.71. The molecular formula is C16H26N2O2. The molecule has 0 fully saturated rings. The third-order valence-corrected chi connectivity index (χ3v) is 3.80. The van der Waals surface area contributed by atoms with E-state index in [2.05, 4.69) is 25.8 Å². The first-order chi connectivity index (χ1) is 9.16. The van der Waals surface area contributed by atoms with Gasteiger partial charge in [-0.25, -0.2) is 0 Å². The van der Waals surface area contributed by atoms with E-state index in [1.807, 2.05) is 20.9 Å². The minimum absolute atomic E-state index is 0.00631. The van der Waals surface area contributed by atoms with Gasteiger partial charge in [-0.2, -0.15) is 0 Å². The maximum Gasteiger partial charge on any atom is 0.270 e. The molecule has 1 heterocycles. The third-order valence-electron chi connectivity index (χ3n) is 3.80. The first kappa shape index (κ1) is 16.5. The first-order valence-electron chi connectivity index (χ1n) is 7.14. The molecule has 1 aromatic heterocycles. The van der Waals surface area contributed by atoms with Crippen molar-refractivity contribution in [3.05, 3.63) is 22.5 Å². The Labute approximate surface area is 121 Å². The summed E-state index contributed by atoms with van der Waals surface area (Å²) in [5.41, 5.74) is 2.69. The normalized spacial score (nSPS) is 12.6. The molecule has 0 unspecified atom stereocenters. The molecule has 0 aliphatic rings. The van der Waals surface area contributed by atoms with Gasteiger partial charge in [0.2, 0.25) is 0 Å². The van der Waals surface area contributed by atoms with Gasteiger partial charge in [0.05, 0.1) is 0 Å². The van der Waals surface area contributed by atoms with Gasteiger partial charge in [0, 0.05) is 24.3 Å². The second kappa shape index (κ2) is 6.25. The van der Waals surface area contributed by atoms with Crippen molar-refractivity contribution in [1.29, 1.82) is 0 Å². The number of Topliss-reactive ketones (excluding diaryl/α,β-unsaturated/α-hetero) is 1. The summed E-state index contributed by atoms with van der Waals surface area (Å²) < 4.78 is 0. The van der Waals surface area contributed by atoms with E-state index >= 15 is 0 Å². The van der Waals surface area contributed by atoms with Crippen molar-refractivity contribution < 1.29 is 9.59 Å². The monoisotopic (exact) mass is 278 g/mol. The van der Waals surface area contributed by atoms with Crippen molar-refractivity contribution in [2.45, 2.75) is 54.0 Å². The van der Waals surface area contributed by atoms with Crippen molar-refractivity contribution in [3.63, 3.8) is 0 Å². The van der Waals surface area contributed by atoms with Crippen molar-refractivity contribution in [2.75, 3.05) is 7.05 Å². The quantitative estimate of drug-likeness (QED) is 0.840. The number of carbonyl (C=O) groups excluding carboxylic acids is 2. The van der Waals surface area contributed by atoms with E-state index in [-0.39, 0.29) is 17.7 Å². The Morgan fingerprint density at radius 2 is 1.75 bits per heavy atom. The molecule has 1 aromatic rings. The largest absolute Gasteiger partial charge is 0.354 e. The van der Waals surface area contributed by atoms with Crippen LogP contribution in [0.3, 0.4) is 0 Å². The van der Waals surface area contributed by atoms with E-state index in [1.165, 1.54) is 6.92 Å². The zero-order valence-electron chi connectivity index (χ0n) is 13.6. The zero-order valence-corrected chi connectivity index (χ0v) is 13.6. The van der Waals surface area contributed by atoms with Gasteiger partial charge in [0.25, 0.3) is 5.91 Å². The Morgan fingerprint density at radius 3 is 2.15 bits per heavy atom. The summed E-state index contributed by atoms with van der Waals surface area (Å²) in [6, 6.07) is 0.172. The van der Waals surface area contributed by atoms with Gasteiger partial charge in [0.15, 0.2) is 5.78 Å². The second-order valence-electron chi connectivity index (χ2n) is 6.08. The standard InChI is InChI=1S/C16H26N2O2/c1-9(2)8-10(3)18(7)16(20)15-11(4)14(13(6)19)12(5)17-15/h9-10,17H,8H2,1-7H3/t10-/m0/s1. The summed E-state index contributed by atoms with van der Waals surface area (Å²) in [5.74, 6) is 0.485. The van der Waals surface area contributed by atoms with Crippen molar-refractivity contribution >= 4 is 11.7 Å². The lowest BCUT2D eigenvalue weighted by Gasteiger charge is -2.26. The molecule has 0 aliphatic carbocycles. The summed E-state index contributed by atoms with van der Waals surface area (Å²) in [7, 11) is 1.82. The van der Waals surface area contributed by atoms with Crippen molar-refractivity contribution in [3.8, 4) is 0 Å². The first-order valence-corrected chi connectivity index (χ1v) is 7.14. The maximum absolute atomic E-state index is 12.6. The zero-order chi connectivity index (χ0) is 15.6. The molecule has 0 radical (unpaired) electrons. The van der Waals surface area contributed by atoms with Crippen LogP contribution in [0.5, 0.6) is 0 Å². The van der Waals surface area contributed by atoms with Crippen LogP contribution in [0.1, 0.15) is 66.2 Å². The molecule has 112 valence electrons. The molecule has 0 saturated carbocycles. The number of aromatic nitrogens is 1. The van der Waals surface area contributed by atoms with Gasteiger partial charge in [-0.05, 0) is 45.6 Å². The number of nitrogens with zero attached hydrogens (tertiary/aromatic N) is 1. The highest BCUT2D eigenvalue weighted by Gasteiger charge is 2.24. The predicted molar refractivity (Wildman–Crippen MR) is 81.3 cm³/mol. The van der Waals surface area contributed by atoms with Crippen LogP contribution in [0.15, 0.2) is 0 Å². The smallest absolute Gasteiger partial charge is 0.270 e. The van der Waals surface area contributed by atoms with Gasteiger partial charge in [0.1, 0.15) is 5.69 Å². The Balaban J connectivity index is 3.04. The molecule has 0 saturated heterocycles. The number of amides is 1. The topological polar surface area (TPSA) is 53.2 Å². The molecule has 4 nitrogen and oxygen atoms in total. The number of hydrogen-bond acceptors (Lipinski definition) is 2. The van der Waals surface area contributed by atoms with E-state index in [1.54, 1.807) is 4.90 Å². The summed E-state index contributed by atoms with van der Waals surface area (Å²) in [6.45, 7) is 11.5. The molecule has 0 aliphatic heterocycles. The molecule has 0 aromatic carbocycles. The molecule has 0 bridgehead atoms. The molecule has 4 heteroatoms. The number of H-pyrrole nitrogens is 1. The Bertz CT molecular complexity index is 515. The minimum atomic E-state index is -0.0498. The van der Waals surface area contributed by atoms with E-state index in [0.717, 1.165) is 17.7 Å². The summed E-state index contributed by atoms with van der Waals surface area (Å²) >= 11 is 0. The number of rotatable bonds is 5. The van der Waals surface area contributed by atoms with Crippen LogP contribution in [-0.2, 0) is 0 Å². The maximum atomic E-state index is 12.6. The molecule has 1 rings (SSSR count). The summed E-state index contributed by atoms with van der Waals surface area (Å²) in [4.78, 5) is 29.0. The lowest BCUT2D eigenvalue weighted by Crippen LogP contribution is -2.36. The van der Waals surface area contributed by atoms with Gasteiger partial charge >= 0.3 is 0 Å². The number of nitrogens with one attached hydrogen (secondary N) is 1.